The van der Waals surface area contributed by atoms with Crippen molar-refractivity contribution in [3.05, 3.63) is 52.5 Å². The van der Waals surface area contributed by atoms with E-state index in [-0.39, 0.29) is 0 Å². The Kier molecular flexibility index (Phi) is 4.00. The monoisotopic (exact) mass is 322 g/mol. The van der Waals surface area contributed by atoms with Gasteiger partial charge in [0.25, 0.3) is 0 Å². The van der Waals surface area contributed by atoms with Gasteiger partial charge in [0.05, 0.1) is 15.6 Å². The van der Waals surface area contributed by atoms with Crippen molar-refractivity contribution in [2.45, 2.75) is 10.6 Å². The van der Waals surface area contributed by atoms with E-state index in [9.17, 15) is 0 Å². The van der Waals surface area contributed by atoms with Crippen LogP contribution in [0.4, 0.5) is 5.69 Å². The van der Waals surface area contributed by atoms with Crippen molar-refractivity contribution < 1.29 is 4.52 Å². The third kappa shape index (κ3) is 2.85. The van der Waals surface area contributed by atoms with Gasteiger partial charge in [0.2, 0.25) is 0 Å². The van der Waals surface area contributed by atoms with Gasteiger partial charge in [0.15, 0.2) is 5.76 Å². The lowest BCUT2D eigenvalue weighted by atomic mass is 10.3. The number of nitrogen functional groups attached to an aromatic ring is 1. The summed E-state index contributed by atoms with van der Waals surface area (Å²) in [4.78, 5) is 1.96. The minimum atomic E-state index is 0.664. The number of thioether (sulfide) groups is 1. The second-order valence-corrected chi connectivity index (χ2v) is 6.45. The molecule has 2 heterocycles. The molecule has 1 aromatic carbocycles. The number of hydrogen-bond acceptors (Lipinski definition) is 5. The van der Waals surface area contributed by atoms with Crippen molar-refractivity contribution in [2.75, 3.05) is 5.73 Å². The summed E-state index contributed by atoms with van der Waals surface area (Å²) in [6, 6.07) is 11.5. The normalized spacial score (nSPS) is 10.8. The Bertz CT molecular complexity index is 690. The van der Waals surface area contributed by atoms with E-state index >= 15 is 0 Å². The van der Waals surface area contributed by atoms with E-state index in [1.807, 2.05) is 41.8 Å². The van der Waals surface area contributed by atoms with Crippen LogP contribution >= 0.6 is 34.7 Å². The fourth-order valence-electron chi connectivity index (χ4n) is 1.74. The molecule has 0 aliphatic carbocycles. The van der Waals surface area contributed by atoms with Crippen molar-refractivity contribution in [1.29, 1.82) is 0 Å². The summed E-state index contributed by atoms with van der Waals surface area (Å²) in [5.41, 5.74) is 7.48. The molecule has 0 saturated carbocycles. The molecule has 0 atom stereocenters. The first-order valence-electron chi connectivity index (χ1n) is 5.90. The number of nitrogens with two attached hydrogens (primary N) is 1. The van der Waals surface area contributed by atoms with E-state index in [4.69, 9.17) is 21.9 Å². The van der Waals surface area contributed by atoms with Crippen LogP contribution in [0.25, 0.3) is 10.6 Å². The van der Waals surface area contributed by atoms with Gasteiger partial charge in [0.1, 0.15) is 0 Å². The predicted molar refractivity (Wildman–Crippen MR) is 85.2 cm³/mol. The summed E-state index contributed by atoms with van der Waals surface area (Å²) in [7, 11) is 0. The van der Waals surface area contributed by atoms with Crippen molar-refractivity contribution >= 4 is 40.4 Å². The zero-order valence-electron chi connectivity index (χ0n) is 10.4. The lowest BCUT2D eigenvalue weighted by Gasteiger charge is -2.05. The van der Waals surface area contributed by atoms with Crippen molar-refractivity contribution in [3.8, 4) is 10.6 Å². The molecule has 3 rings (SSSR count). The van der Waals surface area contributed by atoms with Crippen LogP contribution < -0.4 is 5.73 Å². The van der Waals surface area contributed by atoms with Crippen molar-refractivity contribution in [3.63, 3.8) is 0 Å². The number of nitrogens with zero attached hydrogens (tertiary/aromatic N) is 1. The lowest BCUT2D eigenvalue weighted by molar-refractivity contribution is 0.427. The molecule has 0 bridgehead atoms. The van der Waals surface area contributed by atoms with Gasteiger partial charge in [-0.25, -0.2) is 0 Å². The standard InChI is InChI=1S/C14H11ClN2OS2/c15-10-3-1-4-11(16)14(10)20-8-9-7-12(18-17-9)13-5-2-6-19-13/h1-7H,8,16H2. The van der Waals surface area contributed by atoms with E-state index in [1.54, 1.807) is 23.1 Å². The summed E-state index contributed by atoms with van der Waals surface area (Å²) >= 11 is 9.33. The minimum absolute atomic E-state index is 0.664. The van der Waals surface area contributed by atoms with Gasteiger partial charge in [-0.1, -0.05) is 28.9 Å². The third-order valence-electron chi connectivity index (χ3n) is 2.68. The Labute approximate surface area is 129 Å². The summed E-state index contributed by atoms with van der Waals surface area (Å²) in [6.07, 6.45) is 0. The first-order chi connectivity index (χ1) is 9.74. The molecule has 3 nitrogen and oxygen atoms in total. The highest BCUT2D eigenvalue weighted by atomic mass is 35.5. The Hall–Kier alpha value is -1.43. The van der Waals surface area contributed by atoms with Gasteiger partial charge in [-0.3, -0.25) is 0 Å². The summed E-state index contributed by atoms with van der Waals surface area (Å²) in [5.74, 6) is 1.46. The third-order valence-corrected chi connectivity index (χ3v) is 5.18. The van der Waals surface area contributed by atoms with Crippen LogP contribution in [-0.4, -0.2) is 5.16 Å². The average Bonchev–Trinajstić information content (AvgIpc) is 3.09. The fraction of sp³-hybridized carbons (Fsp3) is 0.0714. The molecule has 0 unspecified atom stereocenters. The second-order valence-electron chi connectivity index (χ2n) is 4.11. The fourth-order valence-corrected chi connectivity index (χ4v) is 3.63. The maximum Gasteiger partial charge on any atom is 0.177 e. The molecule has 0 radical (unpaired) electrons. The van der Waals surface area contributed by atoms with Crippen LogP contribution in [-0.2, 0) is 5.75 Å². The number of anilines is 1. The predicted octanol–water partition coefficient (Wildman–Crippen LogP) is 4.93. The Morgan fingerprint density at radius 2 is 2.20 bits per heavy atom. The smallest absolute Gasteiger partial charge is 0.177 e. The molecule has 20 heavy (non-hydrogen) atoms. The largest absolute Gasteiger partial charge is 0.398 e. The van der Waals surface area contributed by atoms with Crippen molar-refractivity contribution in [2.24, 2.45) is 0 Å². The first kappa shape index (κ1) is 13.5. The zero-order chi connectivity index (χ0) is 13.9. The SMILES string of the molecule is Nc1cccc(Cl)c1SCc1cc(-c2cccs2)on1. The number of thiophene rings is 1. The molecule has 2 aromatic heterocycles. The summed E-state index contributed by atoms with van der Waals surface area (Å²) < 4.78 is 5.34. The highest BCUT2D eigenvalue weighted by molar-refractivity contribution is 7.98. The van der Waals surface area contributed by atoms with Crippen LogP contribution in [0.5, 0.6) is 0 Å². The highest BCUT2D eigenvalue weighted by Crippen LogP contribution is 2.35. The summed E-state index contributed by atoms with van der Waals surface area (Å²) in [6.45, 7) is 0. The van der Waals surface area contributed by atoms with Crippen LogP contribution in [0.15, 0.2) is 51.2 Å². The van der Waals surface area contributed by atoms with Crippen LogP contribution in [0.1, 0.15) is 5.69 Å². The molecule has 0 aliphatic heterocycles. The number of halogens is 1. The van der Waals surface area contributed by atoms with E-state index in [0.29, 0.717) is 16.5 Å². The second kappa shape index (κ2) is 5.91. The molecule has 0 aliphatic rings. The highest BCUT2D eigenvalue weighted by Gasteiger charge is 2.10. The lowest BCUT2D eigenvalue weighted by Crippen LogP contribution is -1.89. The molecule has 6 heteroatoms. The Morgan fingerprint density at radius 1 is 1.30 bits per heavy atom. The molecule has 0 fully saturated rings. The topological polar surface area (TPSA) is 52.0 Å². The van der Waals surface area contributed by atoms with Gasteiger partial charge in [-0.15, -0.1) is 23.1 Å². The van der Waals surface area contributed by atoms with E-state index in [0.717, 1.165) is 21.2 Å². The van der Waals surface area contributed by atoms with Gasteiger partial charge < -0.3 is 10.3 Å². The van der Waals surface area contributed by atoms with E-state index in [1.165, 1.54) is 0 Å². The Morgan fingerprint density at radius 3 is 2.95 bits per heavy atom. The van der Waals surface area contributed by atoms with Crippen molar-refractivity contribution in [1.82, 2.24) is 5.16 Å². The molecule has 2 N–H and O–H groups in total. The molecular formula is C14H11ClN2OS2. The van der Waals surface area contributed by atoms with E-state index in [2.05, 4.69) is 5.16 Å². The minimum Gasteiger partial charge on any atom is -0.398 e. The molecule has 0 spiro atoms. The molecule has 102 valence electrons. The molecule has 0 amide bonds. The molecular weight excluding hydrogens is 312 g/mol. The number of benzene rings is 1. The van der Waals surface area contributed by atoms with Gasteiger partial charge in [0, 0.05) is 22.4 Å². The van der Waals surface area contributed by atoms with Gasteiger partial charge in [-0.05, 0) is 23.6 Å². The zero-order valence-corrected chi connectivity index (χ0v) is 12.8. The number of hydrogen-bond donors (Lipinski definition) is 1. The number of rotatable bonds is 4. The summed E-state index contributed by atoms with van der Waals surface area (Å²) in [5, 5.41) is 6.75. The van der Waals surface area contributed by atoms with Crippen LogP contribution in [0, 0.1) is 0 Å². The number of aromatic nitrogens is 1. The average molecular weight is 323 g/mol. The Balaban J connectivity index is 1.73. The molecule has 0 saturated heterocycles. The van der Waals surface area contributed by atoms with Crippen LogP contribution in [0.2, 0.25) is 5.02 Å². The van der Waals surface area contributed by atoms with Crippen LogP contribution in [0.3, 0.4) is 0 Å². The van der Waals surface area contributed by atoms with Gasteiger partial charge >= 0.3 is 0 Å². The van der Waals surface area contributed by atoms with E-state index < -0.39 is 0 Å². The maximum atomic E-state index is 6.14. The maximum absolute atomic E-state index is 6.14. The molecule has 3 aromatic rings. The van der Waals surface area contributed by atoms with Gasteiger partial charge in [-0.2, -0.15) is 0 Å². The quantitative estimate of drug-likeness (QED) is 0.546. The first-order valence-corrected chi connectivity index (χ1v) is 8.14.